The van der Waals surface area contributed by atoms with E-state index in [1.165, 1.54) is 0 Å². The Balaban J connectivity index is 2.40. The van der Waals surface area contributed by atoms with Crippen LogP contribution in [0.2, 0.25) is 0 Å². The maximum atomic E-state index is 11.4. The molecule has 2 aromatic heterocycles. The Morgan fingerprint density at radius 1 is 1.19 bits per heavy atom. The van der Waals surface area contributed by atoms with E-state index in [0.717, 1.165) is 18.7 Å². The molecule has 0 fully saturated rings. The van der Waals surface area contributed by atoms with Gasteiger partial charge in [0.25, 0.3) is 5.56 Å². The summed E-state index contributed by atoms with van der Waals surface area (Å²) in [5.41, 5.74) is -0.299. The summed E-state index contributed by atoms with van der Waals surface area (Å²) in [7, 11) is 0. The number of rotatable bonds is 3. The van der Waals surface area contributed by atoms with E-state index in [2.05, 4.69) is 33.8 Å². The van der Waals surface area contributed by atoms with Gasteiger partial charge in [0.1, 0.15) is 11.3 Å². The van der Waals surface area contributed by atoms with Crippen molar-refractivity contribution in [2.75, 3.05) is 0 Å². The monoisotopic (exact) mass is 222 g/mol. The van der Waals surface area contributed by atoms with Crippen molar-refractivity contribution in [2.24, 2.45) is 5.92 Å². The lowest BCUT2D eigenvalue weighted by molar-refractivity contribution is 0.577. The molecule has 3 N–H and O–H groups in total. The molecule has 0 atom stereocenters. The van der Waals surface area contributed by atoms with Crippen LogP contribution in [0.15, 0.2) is 9.59 Å². The van der Waals surface area contributed by atoms with Crippen LogP contribution < -0.4 is 11.2 Å². The molecule has 2 aromatic rings. The lowest BCUT2D eigenvalue weighted by Gasteiger charge is -2.00. The van der Waals surface area contributed by atoms with Gasteiger partial charge in [-0.25, -0.2) is 9.78 Å². The van der Waals surface area contributed by atoms with E-state index in [9.17, 15) is 9.59 Å². The summed E-state index contributed by atoms with van der Waals surface area (Å²) < 4.78 is 0. The second kappa shape index (κ2) is 3.96. The molecular formula is C10H14N4O2. The topological polar surface area (TPSA) is 94.4 Å². The van der Waals surface area contributed by atoms with Crippen molar-refractivity contribution < 1.29 is 0 Å². The molecule has 0 aliphatic carbocycles. The smallest absolute Gasteiger partial charge is 0.327 e. The number of hydrogen-bond acceptors (Lipinski definition) is 3. The van der Waals surface area contributed by atoms with E-state index in [1.54, 1.807) is 0 Å². The number of H-pyrrole nitrogens is 3. The van der Waals surface area contributed by atoms with E-state index in [1.807, 2.05) is 0 Å². The SMILES string of the molecule is CC(C)CCc1nc2[nH]c(=O)[nH]c(=O)c2[nH]1. The Kier molecular flexibility index (Phi) is 2.64. The first-order chi connectivity index (χ1) is 7.56. The number of fused-ring (bicyclic) bond motifs is 1. The van der Waals surface area contributed by atoms with E-state index < -0.39 is 11.2 Å². The summed E-state index contributed by atoms with van der Waals surface area (Å²) in [5, 5.41) is 0. The van der Waals surface area contributed by atoms with Crippen molar-refractivity contribution in [3.63, 3.8) is 0 Å². The fourth-order valence-electron chi connectivity index (χ4n) is 1.53. The Bertz CT molecular complexity index is 605. The summed E-state index contributed by atoms with van der Waals surface area (Å²) in [5.74, 6) is 1.31. The summed E-state index contributed by atoms with van der Waals surface area (Å²) >= 11 is 0. The Morgan fingerprint density at radius 3 is 2.62 bits per heavy atom. The molecule has 2 heterocycles. The van der Waals surface area contributed by atoms with E-state index in [4.69, 9.17) is 0 Å². The minimum Gasteiger partial charge on any atom is -0.336 e. The van der Waals surface area contributed by atoms with Gasteiger partial charge in [0, 0.05) is 6.42 Å². The zero-order valence-corrected chi connectivity index (χ0v) is 9.26. The number of aryl methyl sites for hydroxylation is 1. The van der Waals surface area contributed by atoms with Gasteiger partial charge in [-0.3, -0.25) is 14.8 Å². The van der Waals surface area contributed by atoms with Crippen molar-refractivity contribution in [1.82, 2.24) is 19.9 Å². The normalized spacial score (nSPS) is 11.4. The van der Waals surface area contributed by atoms with Gasteiger partial charge in [-0.05, 0) is 12.3 Å². The average molecular weight is 222 g/mol. The van der Waals surface area contributed by atoms with Crippen LogP contribution in [0.4, 0.5) is 0 Å². The van der Waals surface area contributed by atoms with Gasteiger partial charge in [-0.15, -0.1) is 0 Å². The predicted molar refractivity (Wildman–Crippen MR) is 60.5 cm³/mol. The number of imidazole rings is 1. The van der Waals surface area contributed by atoms with Crippen LogP contribution >= 0.6 is 0 Å². The molecule has 0 radical (unpaired) electrons. The molecule has 0 spiro atoms. The summed E-state index contributed by atoms with van der Waals surface area (Å²) in [6, 6.07) is 0. The molecule has 0 aromatic carbocycles. The Hall–Kier alpha value is -1.85. The number of nitrogens with zero attached hydrogens (tertiary/aromatic N) is 1. The predicted octanol–water partition coefficient (Wildman–Crippen LogP) is 0.528. The van der Waals surface area contributed by atoms with Crippen molar-refractivity contribution in [3.8, 4) is 0 Å². The van der Waals surface area contributed by atoms with Gasteiger partial charge < -0.3 is 4.98 Å². The van der Waals surface area contributed by atoms with Crippen LogP contribution in [-0.2, 0) is 6.42 Å². The van der Waals surface area contributed by atoms with Crippen LogP contribution in [0.3, 0.4) is 0 Å². The Morgan fingerprint density at radius 2 is 1.94 bits per heavy atom. The highest BCUT2D eigenvalue weighted by Gasteiger charge is 2.07. The maximum absolute atomic E-state index is 11.4. The van der Waals surface area contributed by atoms with Crippen molar-refractivity contribution in [1.29, 1.82) is 0 Å². The molecule has 0 unspecified atom stereocenters. The molecule has 0 aliphatic rings. The maximum Gasteiger partial charge on any atom is 0.327 e. The first kappa shape index (κ1) is 10.7. The highest BCUT2D eigenvalue weighted by Crippen LogP contribution is 2.08. The molecule has 0 amide bonds. The molecule has 6 heteroatoms. The number of aromatic amines is 3. The van der Waals surface area contributed by atoms with Crippen molar-refractivity contribution in [2.45, 2.75) is 26.7 Å². The fraction of sp³-hybridized carbons (Fsp3) is 0.500. The van der Waals surface area contributed by atoms with Crippen molar-refractivity contribution >= 4 is 11.2 Å². The fourth-order valence-corrected chi connectivity index (χ4v) is 1.53. The average Bonchev–Trinajstić information content (AvgIpc) is 2.57. The zero-order chi connectivity index (χ0) is 11.7. The van der Waals surface area contributed by atoms with Crippen LogP contribution in [0.1, 0.15) is 26.1 Å². The molecule has 0 aliphatic heterocycles. The van der Waals surface area contributed by atoms with Crippen LogP contribution in [-0.4, -0.2) is 19.9 Å². The third kappa shape index (κ3) is 2.05. The highest BCUT2D eigenvalue weighted by atomic mass is 16.2. The minimum atomic E-state index is -0.528. The second-order valence-electron chi connectivity index (χ2n) is 4.25. The molecule has 0 saturated heterocycles. The van der Waals surface area contributed by atoms with Gasteiger partial charge in [0.2, 0.25) is 0 Å². The van der Waals surface area contributed by atoms with E-state index in [-0.39, 0.29) is 0 Å². The highest BCUT2D eigenvalue weighted by molar-refractivity contribution is 5.68. The molecule has 86 valence electrons. The summed E-state index contributed by atoms with van der Waals surface area (Å²) in [6.45, 7) is 4.24. The lowest BCUT2D eigenvalue weighted by Crippen LogP contribution is -2.21. The summed E-state index contributed by atoms with van der Waals surface area (Å²) in [6.07, 6.45) is 1.76. The van der Waals surface area contributed by atoms with Crippen LogP contribution in [0, 0.1) is 5.92 Å². The third-order valence-electron chi connectivity index (χ3n) is 2.40. The first-order valence-corrected chi connectivity index (χ1v) is 5.27. The van der Waals surface area contributed by atoms with Gasteiger partial charge in [-0.1, -0.05) is 13.8 Å². The molecule has 2 rings (SSSR count). The van der Waals surface area contributed by atoms with Gasteiger partial charge >= 0.3 is 5.69 Å². The third-order valence-corrected chi connectivity index (χ3v) is 2.40. The Labute approximate surface area is 91.1 Å². The minimum absolute atomic E-state index is 0.326. The molecule has 16 heavy (non-hydrogen) atoms. The summed E-state index contributed by atoms with van der Waals surface area (Å²) in [4.78, 5) is 34.2. The number of nitrogens with one attached hydrogen (secondary N) is 3. The first-order valence-electron chi connectivity index (χ1n) is 5.27. The number of hydrogen-bond donors (Lipinski definition) is 3. The largest absolute Gasteiger partial charge is 0.336 e. The quantitative estimate of drug-likeness (QED) is 0.706. The van der Waals surface area contributed by atoms with Crippen LogP contribution in [0.5, 0.6) is 0 Å². The zero-order valence-electron chi connectivity index (χ0n) is 9.26. The van der Waals surface area contributed by atoms with Gasteiger partial charge in [0.15, 0.2) is 5.65 Å². The molecular weight excluding hydrogens is 208 g/mol. The van der Waals surface area contributed by atoms with Crippen molar-refractivity contribution in [3.05, 3.63) is 26.7 Å². The molecule has 0 bridgehead atoms. The van der Waals surface area contributed by atoms with Gasteiger partial charge in [-0.2, -0.15) is 0 Å². The number of aromatic nitrogens is 4. The molecule has 0 saturated carbocycles. The van der Waals surface area contributed by atoms with Crippen LogP contribution in [0.25, 0.3) is 11.2 Å². The standard InChI is InChI=1S/C10H14N4O2/c1-5(2)3-4-6-11-7-8(12-6)13-10(16)14-9(7)15/h5H,3-4H2,1-2H3,(H3,11,12,13,14,15,16). The van der Waals surface area contributed by atoms with E-state index >= 15 is 0 Å². The second-order valence-corrected chi connectivity index (χ2v) is 4.25. The van der Waals surface area contributed by atoms with E-state index in [0.29, 0.717) is 17.1 Å². The van der Waals surface area contributed by atoms with Gasteiger partial charge in [0.05, 0.1) is 0 Å². The lowest BCUT2D eigenvalue weighted by atomic mass is 10.1. The molecule has 6 nitrogen and oxygen atoms in total.